The minimum absolute atomic E-state index is 0.0511. The summed E-state index contributed by atoms with van der Waals surface area (Å²) in [7, 11) is 0. The van der Waals surface area contributed by atoms with Crippen molar-refractivity contribution >= 4 is 35.0 Å². The van der Waals surface area contributed by atoms with Gasteiger partial charge in [-0.05, 0) is 12.5 Å². The molecule has 19 heavy (non-hydrogen) atoms. The molecule has 1 aromatic heterocycles. The van der Waals surface area contributed by atoms with Gasteiger partial charge in [-0.1, -0.05) is 30.3 Å². The van der Waals surface area contributed by atoms with Crippen molar-refractivity contribution in [2.45, 2.75) is 0 Å². The molecule has 0 bridgehead atoms. The molecule has 0 fully saturated rings. The standard InChI is InChI=1S/C13H13N3OS2/c1-18-13(19-2)11(16-9-14-8-15-16)12(17)10-6-4-3-5-7-10/h3-9H,1-2H3. The summed E-state index contributed by atoms with van der Waals surface area (Å²) >= 11 is 3.06. The molecule has 0 atom stereocenters. The average molecular weight is 291 g/mol. The van der Waals surface area contributed by atoms with Gasteiger partial charge in [0.25, 0.3) is 0 Å². The molecule has 0 radical (unpaired) electrons. The lowest BCUT2D eigenvalue weighted by atomic mass is 10.1. The number of Topliss-reactive ketones (excluding diaryl/α,β-unsaturated/α-hetero) is 1. The molecular formula is C13H13N3OS2. The maximum atomic E-state index is 12.6. The van der Waals surface area contributed by atoms with Gasteiger partial charge in [-0.2, -0.15) is 5.10 Å². The van der Waals surface area contributed by atoms with Crippen LogP contribution in [0.25, 0.3) is 5.70 Å². The zero-order valence-corrected chi connectivity index (χ0v) is 12.2. The highest BCUT2D eigenvalue weighted by Crippen LogP contribution is 2.31. The molecule has 0 aliphatic carbocycles. The molecule has 0 amide bonds. The van der Waals surface area contributed by atoms with Crippen molar-refractivity contribution in [1.82, 2.24) is 14.8 Å². The minimum Gasteiger partial charge on any atom is -0.287 e. The maximum absolute atomic E-state index is 12.6. The highest BCUT2D eigenvalue weighted by atomic mass is 32.2. The van der Waals surface area contributed by atoms with E-state index in [0.29, 0.717) is 11.3 Å². The van der Waals surface area contributed by atoms with Gasteiger partial charge in [-0.3, -0.25) is 4.79 Å². The molecule has 6 heteroatoms. The van der Waals surface area contributed by atoms with E-state index in [4.69, 9.17) is 0 Å². The average Bonchev–Trinajstić information content (AvgIpc) is 2.98. The van der Waals surface area contributed by atoms with Crippen molar-refractivity contribution in [3.8, 4) is 0 Å². The largest absolute Gasteiger partial charge is 0.287 e. The first kappa shape index (κ1) is 13.9. The first-order chi connectivity index (χ1) is 9.27. The quantitative estimate of drug-likeness (QED) is 0.626. The van der Waals surface area contributed by atoms with Crippen molar-refractivity contribution in [2.24, 2.45) is 0 Å². The SMILES string of the molecule is CSC(SC)=C(C(=O)c1ccccc1)n1cncn1. The first-order valence-corrected chi connectivity index (χ1v) is 8.00. The molecule has 0 saturated heterocycles. The van der Waals surface area contributed by atoms with Gasteiger partial charge in [0.2, 0.25) is 5.78 Å². The normalized spacial score (nSPS) is 10.2. The lowest BCUT2D eigenvalue weighted by molar-refractivity contribution is 0.105. The summed E-state index contributed by atoms with van der Waals surface area (Å²) < 4.78 is 2.44. The predicted octanol–water partition coefficient (Wildman–Crippen LogP) is 3.01. The second-order valence-corrected chi connectivity index (χ2v) is 5.47. The van der Waals surface area contributed by atoms with E-state index in [1.54, 1.807) is 18.5 Å². The Bertz CT molecular complexity index is 573. The Morgan fingerprint density at radius 2 is 1.84 bits per heavy atom. The van der Waals surface area contributed by atoms with E-state index in [9.17, 15) is 4.79 Å². The molecule has 98 valence electrons. The summed E-state index contributed by atoms with van der Waals surface area (Å²) in [6.07, 6.45) is 6.86. The van der Waals surface area contributed by atoms with Crippen LogP contribution in [0.2, 0.25) is 0 Å². The fraction of sp³-hybridized carbons (Fsp3) is 0.154. The van der Waals surface area contributed by atoms with Gasteiger partial charge in [0.1, 0.15) is 18.4 Å². The van der Waals surface area contributed by atoms with Crippen LogP contribution in [-0.2, 0) is 0 Å². The number of carbonyl (C=O) groups excluding carboxylic acids is 1. The Hall–Kier alpha value is -1.53. The Morgan fingerprint density at radius 1 is 1.16 bits per heavy atom. The van der Waals surface area contributed by atoms with E-state index in [1.807, 2.05) is 30.7 Å². The molecule has 0 N–H and O–H groups in total. The first-order valence-electron chi connectivity index (χ1n) is 5.55. The van der Waals surface area contributed by atoms with Crippen LogP contribution < -0.4 is 0 Å². The molecule has 2 aromatic rings. The number of nitrogens with zero attached hydrogens (tertiary/aromatic N) is 3. The van der Waals surface area contributed by atoms with Crippen LogP contribution in [0.15, 0.2) is 47.2 Å². The van der Waals surface area contributed by atoms with E-state index in [0.717, 1.165) is 4.24 Å². The Kier molecular flexibility index (Phi) is 4.81. The maximum Gasteiger partial charge on any atom is 0.213 e. The van der Waals surface area contributed by atoms with Gasteiger partial charge in [-0.25, -0.2) is 9.67 Å². The highest BCUT2D eigenvalue weighted by molar-refractivity contribution is 8.22. The fourth-order valence-electron chi connectivity index (χ4n) is 1.62. The van der Waals surface area contributed by atoms with Crippen LogP contribution in [-0.4, -0.2) is 33.1 Å². The summed E-state index contributed by atoms with van der Waals surface area (Å²) in [4.78, 5) is 16.5. The van der Waals surface area contributed by atoms with Crippen LogP contribution in [0, 0.1) is 0 Å². The van der Waals surface area contributed by atoms with Crippen LogP contribution in [0.4, 0.5) is 0 Å². The monoisotopic (exact) mass is 291 g/mol. The van der Waals surface area contributed by atoms with E-state index in [2.05, 4.69) is 10.1 Å². The van der Waals surface area contributed by atoms with Crippen LogP contribution in [0.1, 0.15) is 10.4 Å². The molecule has 0 aliphatic rings. The number of hydrogen-bond donors (Lipinski definition) is 0. The number of allylic oxidation sites excluding steroid dienone is 1. The zero-order valence-electron chi connectivity index (χ0n) is 10.6. The van der Waals surface area contributed by atoms with Gasteiger partial charge in [0.05, 0.1) is 4.24 Å². The molecule has 0 aliphatic heterocycles. The van der Waals surface area contributed by atoms with E-state index < -0.39 is 0 Å². The van der Waals surface area contributed by atoms with Gasteiger partial charge < -0.3 is 0 Å². The molecule has 0 spiro atoms. The lowest BCUT2D eigenvalue weighted by Gasteiger charge is -2.10. The summed E-state index contributed by atoms with van der Waals surface area (Å²) in [5.41, 5.74) is 1.19. The van der Waals surface area contributed by atoms with Crippen molar-refractivity contribution in [3.63, 3.8) is 0 Å². The second kappa shape index (κ2) is 6.58. The third kappa shape index (κ3) is 3.08. The molecule has 2 rings (SSSR count). The smallest absolute Gasteiger partial charge is 0.213 e. The number of benzene rings is 1. The summed E-state index contributed by atoms with van der Waals surface area (Å²) in [6, 6.07) is 9.20. The summed E-state index contributed by atoms with van der Waals surface area (Å²) in [5.74, 6) is -0.0511. The van der Waals surface area contributed by atoms with Crippen LogP contribution >= 0.6 is 23.5 Å². The predicted molar refractivity (Wildman–Crippen MR) is 81.0 cm³/mol. The third-order valence-electron chi connectivity index (χ3n) is 2.46. The zero-order chi connectivity index (χ0) is 13.7. The number of aromatic nitrogens is 3. The molecule has 1 aromatic carbocycles. The van der Waals surface area contributed by atoms with Crippen molar-refractivity contribution < 1.29 is 4.79 Å². The number of carbonyl (C=O) groups is 1. The van der Waals surface area contributed by atoms with Crippen LogP contribution in [0.3, 0.4) is 0 Å². The highest BCUT2D eigenvalue weighted by Gasteiger charge is 2.19. The van der Waals surface area contributed by atoms with Crippen LogP contribution in [0.5, 0.6) is 0 Å². The summed E-state index contributed by atoms with van der Waals surface area (Å²) in [6.45, 7) is 0. The third-order valence-corrected chi connectivity index (χ3v) is 4.59. The van der Waals surface area contributed by atoms with E-state index in [1.165, 1.54) is 34.5 Å². The number of rotatable bonds is 5. The van der Waals surface area contributed by atoms with Gasteiger partial charge in [0.15, 0.2) is 0 Å². The van der Waals surface area contributed by atoms with Crippen molar-refractivity contribution in [1.29, 1.82) is 0 Å². The van der Waals surface area contributed by atoms with Gasteiger partial charge in [0, 0.05) is 5.56 Å². The number of hydrogen-bond acceptors (Lipinski definition) is 5. The minimum atomic E-state index is -0.0511. The molecule has 4 nitrogen and oxygen atoms in total. The summed E-state index contributed by atoms with van der Waals surface area (Å²) in [5, 5.41) is 4.08. The molecule has 0 unspecified atom stereocenters. The Balaban J connectivity index is 2.51. The van der Waals surface area contributed by atoms with E-state index >= 15 is 0 Å². The Labute approximate surface area is 120 Å². The number of thioether (sulfide) groups is 2. The lowest BCUT2D eigenvalue weighted by Crippen LogP contribution is -2.11. The fourth-order valence-corrected chi connectivity index (χ4v) is 3.04. The van der Waals surface area contributed by atoms with Gasteiger partial charge >= 0.3 is 0 Å². The molecule has 1 heterocycles. The van der Waals surface area contributed by atoms with E-state index in [-0.39, 0.29) is 5.78 Å². The van der Waals surface area contributed by atoms with Crippen molar-refractivity contribution in [2.75, 3.05) is 12.5 Å². The molecular weight excluding hydrogens is 278 g/mol. The van der Waals surface area contributed by atoms with Crippen molar-refractivity contribution in [3.05, 3.63) is 52.8 Å². The second-order valence-electron chi connectivity index (χ2n) is 3.58. The topological polar surface area (TPSA) is 47.8 Å². The van der Waals surface area contributed by atoms with Gasteiger partial charge in [-0.15, -0.1) is 23.5 Å². The number of ketones is 1. The molecule has 0 saturated carbocycles. The Morgan fingerprint density at radius 3 is 2.37 bits per heavy atom.